The number of benzene rings is 5. The molecule has 47 heavy (non-hydrogen) atoms. The van der Waals surface area contributed by atoms with E-state index >= 15 is 0 Å². The van der Waals surface area contributed by atoms with E-state index in [1.54, 1.807) is 0 Å². The van der Waals surface area contributed by atoms with Crippen LogP contribution in [0.1, 0.15) is 11.3 Å². The number of hydrogen-bond donors (Lipinski definition) is 1. The average Bonchev–Trinajstić information content (AvgIpc) is 3.48. The number of hydrogen-bond acceptors (Lipinski definition) is 4. The van der Waals surface area contributed by atoms with Gasteiger partial charge in [0, 0.05) is 63.9 Å². The van der Waals surface area contributed by atoms with Crippen LogP contribution in [0.3, 0.4) is 0 Å². The van der Waals surface area contributed by atoms with Crippen LogP contribution >= 0.6 is 11.3 Å². The van der Waals surface area contributed by atoms with Gasteiger partial charge in [-0.25, -0.2) is 0 Å². The Morgan fingerprint density at radius 2 is 1.19 bits per heavy atom. The van der Waals surface area contributed by atoms with Crippen molar-refractivity contribution in [3.05, 3.63) is 151 Å². The summed E-state index contributed by atoms with van der Waals surface area (Å²) in [7, 11) is 0. The van der Waals surface area contributed by atoms with Gasteiger partial charge in [-0.3, -0.25) is 9.97 Å². The monoisotopic (exact) mass is 804 g/mol. The van der Waals surface area contributed by atoms with E-state index in [1.807, 2.05) is 79.8 Å². The van der Waals surface area contributed by atoms with Gasteiger partial charge < -0.3 is 5.11 Å². The number of fused-ring (bicyclic) bond motifs is 3. The van der Waals surface area contributed by atoms with Gasteiger partial charge in [-0.2, -0.15) is 0 Å². The minimum Gasteiger partial charge on any atom is -0.507 e. The third-order valence-corrected chi connectivity index (χ3v) is 9.68. The molecule has 8 aromatic rings. The predicted molar refractivity (Wildman–Crippen MR) is 192 cm³/mol. The van der Waals surface area contributed by atoms with Crippen LogP contribution in [0.25, 0.3) is 76.2 Å². The Morgan fingerprint density at radius 3 is 2.02 bits per heavy atom. The largest absolute Gasteiger partial charge is 0.507 e. The summed E-state index contributed by atoms with van der Waals surface area (Å²) in [4.78, 5) is 10.0. The first-order chi connectivity index (χ1) is 22.5. The molecular weight excluding hydrogens is 776 g/mol. The molecule has 5 heteroatoms. The van der Waals surface area contributed by atoms with Crippen molar-refractivity contribution in [1.29, 1.82) is 0 Å². The summed E-state index contributed by atoms with van der Waals surface area (Å²) in [6.07, 6.45) is 0. The van der Waals surface area contributed by atoms with E-state index in [4.69, 9.17) is 9.97 Å². The third kappa shape index (κ3) is 5.80. The standard InChI is InChI=1S/C42H29N2OS.Pt/c1-26-11-8-19-36(41(26)45)39-24-31(28-12-4-3-5-13-28)23-38(44-39)30-15-9-14-29(22-30)37-25-32(21-27(2)43-37)33-17-10-18-35-34-16-6-7-20-40(34)46-42(33)35;/h3-21,23-25,45H,1-2H3;/q-1;. The minimum atomic E-state index is 0. The first-order valence-corrected chi connectivity index (χ1v) is 16.1. The Hall–Kier alpha value is -4.89. The number of thiophene rings is 1. The van der Waals surface area contributed by atoms with Crippen molar-refractivity contribution < 1.29 is 26.2 Å². The number of pyridine rings is 2. The molecule has 0 aliphatic rings. The van der Waals surface area contributed by atoms with Crippen LogP contribution in [0.5, 0.6) is 5.75 Å². The van der Waals surface area contributed by atoms with Crippen molar-refractivity contribution in [2.45, 2.75) is 13.8 Å². The molecule has 1 N–H and O–H groups in total. The Balaban J connectivity index is 0.00000351. The zero-order chi connectivity index (χ0) is 31.2. The molecule has 3 nitrogen and oxygen atoms in total. The first-order valence-electron chi connectivity index (χ1n) is 15.3. The maximum absolute atomic E-state index is 11.0. The van der Waals surface area contributed by atoms with Gasteiger partial charge in [0.05, 0.1) is 5.69 Å². The molecule has 0 saturated heterocycles. The van der Waals surface area contributed by atoms with E-state index in [2.05, 4.69) is 84.9 Å². The summed E-state index contributed by atoms with van der Waals surface area (Å²) in [6, 6.07) is 49.5. The molecule has 230 valence electrons. The number of aromatic nitrogens is 2. The number of phenols is 1. The number of aromatic hydroxyl groups is 1. The van der Waals surface area contributed by atoms with Crippen LogP contribution in [0.15, 0.2) is 133 Å². The molecule has 0 fully saturated rings. The van der Waals surface area contributed by atoms with Gasteiger partial charge in [0.25, 0.3) is 0 Å². The summed E-state index contributed by atoms with van der Waals surface area (Å²) >= 11 is 1.84. The zero-order valence-electron chi connectivity index (χ0n) is 25.8. The molecule has 0 aliphatic carbocycles. The van der Waals surface area contributed by atoms with Crippen LogP contribution in [0.4, 0.5) is 0 Å². The second-order valence-corrected chi connectivity index (χ2v) is 12.7. The second-order valence-electron chi connectivity index (χ2n) is 11.6. The molecule has 0 saturated carbocycles. The maximum Gasteiger partial charge on any atom is 0.127 e. The molecule has 0 aliphatic heterocycles. The van der Waals surface area contributed by atoms with E-state index in [1.165, 1.54) is 25.7 Å². The van der Waals surface area contributed by atoms with Crippen molar-refractivity contribution in [3.63, 3.8) is 0 Å². The molecule has 3 heterocycles. The van der Waals surface area contributed by atoms with Gasteiger partial charge in [0.2, 0.25) is 0 Å². The van der Waals surface area contributed by atoms with Crippen molar-refractivity contribution >= 4 is 31.5 Å². The normalized spacial score (nSPS) is 11.1. The minimum absolute atomic E-state index is 0. The summed E-state index contributed by atoms with van der Waals surface area (Å²) in [5.41, 5.74) is 11.0. The number of rotatable bonds is 5. The fourth-order valence-electron chi connectivity index (χ4n) is 6.17. The Labute approximate surface area is 292 Å². The summed E-state index contributed by atoms with van der Waals surface area (Å²) in [5, 5.41) is 13.5. The van der Waals surface area contributed by atoms with Crippen LogP contribution < -0.4 is 0 Å². The molecule has 0 amide bonds. The third-order valence-electron chi connectivity index (χ3n) is 8.46. The number of nitrogens with zero attached hydrogens (tertiary/aromatic N) is 2. The topological polar surface area (TPSA) is 46.0 Å². The van der Waals surface area contributed by atoms with E-state index in [9.17, 15) is 5.11 Å². The van der Waals surface area contributed by atoms with E-state index in [0.29, 0.717) is 11.3 Å². The Kier molecular flexibility index (Phi) is 8.32. The molecule has 0 spiro atoms. The van der Waals surface area contributed by atoms with E-state index in [0.717, 1.165) is 50.5 Å². The SMILES string of the molecule is Cc1cc(-c2cccc3c2sc2ccccc23)cc(-c2[c-]c(-c3cc(-c4ccccc4)cc(-c4cccc(C)c4O)n3)ccc2)n1.[Pt]. The van der Waals surface area contributed by atoms with Gasteiger partial charge in [-0.05, 0) is 65.9 Å². The molecule has 0 bridgehead atoms. The van der Waals surface area contributed by atoms with Gasteiger partial charge in [-0.15, -0.1) is 35.6 Å². The van der Waals surface area contributed by atoms with Crippen molar-refractivity contribution in [1.82, 2.24) is 9.97 Å². The summed E-state index contributed by atoms with van der Waals surface area (Å²) < 4.78 is 2.58. The first kappa shape index (κ1) is 30.7. The van der Waals surface area contributed by atoms with E-state index < -0.39 is 0 Å². The number of para-hydroxylation sites is 1. The average molecular weight is 805 g/mol. The van der Waals surface area contributed by atoms with Crippen molar-refractivity contribution in [3.8, 4) is 61.8 Å². The summed E-state index contributed by atoms with van der Waals surface area (Å²) in [5.74, 6) is 0.244. The molecule has 0 unspecified atom stereocenters. The van der Waals surface area contributed by atoms with Crippen LogP contribution in [0, 0.1) is 19.9 Å². The molecule has 8 rings (SSSR count). The Bertz CT molecular complexity index is 2420. The quantitative estimate of drug-likeness (QED) is 0.176. The molecular formula is C42H29N2OPtS-. The van der Waals surface area contributed by atoms with Crippen molar-refractivity contribution in [2.75, 3.05) is 0 Å². The fraction of sp³-hybridized carbons (Fsp3) is 0.0476. The molecule has 5 aromatic carbocycles. The van der Waals surface area contributed by atoms with Crippen molar-refractivity contribution in [2.24, 2.45) is 0 Å². The summed E-state index contributed by atoms with van der Waals surface area (Å²) in [6.45, 7) is 3.95. The molecule has 3 aromatic heterocycles. The van der Waals surface area contributed by atoms with Gasteiger partial charge >= 0.3 is 0 Å². The van der Waals surface area contributed by atoms with Crippen LogP contribution in [0.2, 0.25) is 0 Å². The second kappa shape index (κ2) is 12.7. The van der Waals surface area contributed by atoms with Gasteiger partial charge in [0.15, 0.2) is 0 Å². The zero-order valence-corrected chi connectivity index (χ0v) is 28.9. The molecule has 0 atom stereocenters. The predicted octanol–water partition coefficient (Wildman–Crippen LogP) is 11.3. The number of phenolic OH excluding ortho intramolecular Hbond substituents is 1. The van der Waals surface area contributed by atoms with Crippen LogP contribution in [-0.2, 0) is 21.1 Å². The van der Waals surface area contributed by atoms with Gasteiger partial charge in [0.1, 0.15) is 5.75 Å². The smallest absolute Gasteiger partial charge is 0.127 e. The van der Waals surface area contributed by atoms with Gasteiger partial charge in [-0.1, -0.05) is 102 Å². The molecule has 0 radical (unpaired) electrons. The maximum atomic E-state index is 11.0. The Morgan fingerprint density at radius 1 is 0.553 bits per heavy atom. The van der Waals surface area contributed by atoms with Crippen LogP contribution in [-0.4, -0.2) is 15.1 Å². The van der Waals surface area contributed by atoms with E-state index in [-0.39, 0.29) is 26.8 Å². The fourth-order valence-corrected chi connectivity index (χ4v) is 7.41. The number of aryl methyl sites for hydroxylation is 2.